The maximum absolute atomic E-state index is 12.7. The number of nitrogens with one attached hydrogen (secondary N) is 1. The number of nitrogens with zero attached hydrogens (tertiary/aromatic N) is 5. The summed E-state index contributed by atoms with van der Waals surface area (Å²) in [5.74, 6) is 1.92. The van der Waals surface area contributed by atoms with E-state index in [2.05, 4.69) is 53.2 Å². The van der Waals surface area contributed by atoms with E-state index in [4.69, 9.17) is 0 Å². The zero-order valence-electron chi connectivity index (χ0n) is 15.6. The quantitative estimate of drug-likeness (QED) is 0.466. The molecule has 0 amide bonds. The second-order valence-electron chi connectivity index (χ2n) is 6.51. The van der Waals surface area contributed by atoms with Crippen molar-refractivity contribution >= 4 is 33.3 Å². The average Bonchev–Trinajstić information content (AvgIpc) is 3.18. The third-order valence-corrected chi connectivity index (χ3v) is 6.38. The van der Waals surface area contributed by atoms with Crippen molar-refractivity contribution in [1.29, 1.82) is 0 Å². The van der Waals surface area contributed by atoms with E-state index in [9.17, 15) is 4.79 Å². The fourth-order valence-corrected chi connectivity index (χ4v) is 4.71. The molecule has 9 heteroatoms. The number of thiophene rings is 1. The molecule has 0 aliphatic rings. The molecule has 0 aromatic carbocycles. The lowest BCUT2D eigenvalue weighted by atomic mass is 9.98. The van der Waals surface area contributed by atoms with Gasteiger partial charge in [-0.15, -0.1) is 16.4 Å². The number of H-pyrrole nitrogens is 1. The van der Waals surface area contributed by atoms with E-state index >= 15 is 0 Å². The number of hydrogen-bond acceptors (Lipinski definition) is 7. The van der Waals surface area contributed by atoms with Gasteiger partial charge in [-0.05, 0) is 41.7 Å². The Bertz CT molecular complexity index is 945. The number of aryl methyl sites for hydroxylation is 2. The van der Waals surface area contributed by atoms with Crippen molar-refractivity contribution in [2.45, 2.75) is 64.4 Å². The molecule has 26 heavy (non-hydrogen) atoms. The monoisotopic (exact) mass is 392 g/mol. The molecule has 3 aromatic heterocycles. The van der Waals surface area contributed by atoms with Gasteiger partial charge in [0.05, 0.1) is 11.1 Å². The SMILES string of the molecule is CCCn1nnnc1CSc1nc2sc(C)c(CC(C)CC)c2c(=O)[nH]1. The number of aromatic amines is 1. The highest BCUT2D eigenvalue weighted by atomic mass is 32.2. The van der Waals surface area contributed by atoms with E-state index in [1.165, 1.54) is 16.6 Å². The molecule has 3 rings (SSSR count). The van der Waals surface area contributed by atoms with Crippen molar-refractivity contribution in [1.82, 2.24) is 30.2 Å². The number of hydrogen-bond donors (Lipinski definition) is 1. The summed E-state index contributed by atoms with van der Waals surface area (Å²) in [6, 6.07) is 0. The Morgan fingerprint density at radius 3 is 2.88 bits per heavy atom. The molecule has 3 heterocycles. The molecular weight excluding hydrogens is 368 g/mol. The number of rotatable bonds is 8. The predicted octanol–water partition coefficient (Wildman–Crippen LogP) is 3.57. The van der Waals surface area contributed by atoms with E-state index in [-0.39, 0.29) is 5.56 Å². The van der Waals surface area contributed by atoms with E-state index in [0.29, 0.717) is 16.8 Å². The van der Waals surface area contributed by atoms with E-state index in [1.807, 2.05) is 0 Å². The van der Waals surface area contributed by atoms with Crippen molar-refractivity contribution in [3.63, 3.8) is 0 Å². The summed E-state index contributed by atoms with van der Waals surface area (Å²) in [4.78, 5) is 22.3. The van der Waals surface area contributed by atoms with Gasteiger partial charge in [-0.3, -0.25) is 4.79 Å². The Labute approximate surface area is 160 Å². The van der Waals surface area contributed by atoms with Crippen molar-refractivity contribution in [3.05, 3.63) is 26.6 Å². The van der Waals surface area contributed by atoms with Crippen LogP contribution in [0.15, 0.2) is 9.95 Å². The maximum atomic E-state index is 12.7. The Morgan fingerprint density at radius 1 is 1.35 bits per heavy atom. The van der Waals surface area contributed by atoms with Crippen LogP contribution in [0, 0.1) is 12.8 Å². The van der Waals surface area contributed by atoms with Crippen LogP contribution in [0.3, 0.4) is 0 Å². The highest BCUT2D eigenvalue weighted by Crippen LogP contribution is 2.30. The Hall–Kier alpha value is -1.74. The largest absolute Gasteiger partial charge is 0.301 e. The molecule has 0 fully saturated rings. The second kappa shape index (κ2) is 8.30. The first kappa shape index (κ1) is 19.0. The van der Waals surface area contributed by atoms with Crippen LogP contribution in [-0.2, 0) is 18.7 Å². The van der Waals surface area contributed by atoms with Gasteiger partial charge in [0.15, 0.2) is 11.0 Å². The molecule has 0 aliphatic heterocycles. The zero-order valence-corrected chi connectivity index (χ0v) is 17.2. The topological polar surface area (TPSA) is 89.3 Å². The fourth-order valence-electron chi connectivity index (χ4n) is 2.81. The van der Waals surface area contributed by atoms with Crippen LogP contribution < -0.4 is 5.56 Å². The van der Waals surface area contributed by atoms with Crippen LogP contribution in [0.2, 0.25) is 0 Å². The van der Waals surface area contributed by atoms with Gasteiger partial charge in [0, 0.05) is 11.4 Å². The van der Waals surface area contributed by atoms with Crippen LogP contribution >= 0.6 is 23.1 Å². The Balaban J connectivity index is 1.85. The lowest BCUT2D eigenvalue weighted by Crippen LogP contribution is -2.11. The van der Waals surface area contributed by atoms with Gasteiger partial charge in [-0.2, -0.15) is 0 Å². The molecule has 1 N–H and O–H groups in total. The van der Waals surface area contributed by atoms with Crippen molar-refractivity contribution in [3.8, 4) is 0 Å². The number of tetrazole rings is 1. The van der Waals surface area contributed by atoms with Crippen LogP contribution in [0.1, 0.15) is 49.9 Å². The summed E-state index contributed by atoms with van der Waals surface area (Å²) in [5, 5.41) is 13.2. The minimum atomic E-state index is -0.0479. The first-order valence-electron chi connectivity index (χ1n) is 8.93. The molecule has 0 aliphatic carbocycles. The minimum Gasteiger partial charge on any atom is -0.301 e. The van der Waals surface area contributed by atoms with Crippen molar-refractivity contribution < 1.29 is 0 Å². The standard InChI is InChI=1S/C17H24N6OS2/c1-5-7-23-13(20-21-22-23)9-25-17-18-15(24)14-12(8-10(3)6-2)11(4)26-16(14)19-17/h10H,5-9H2,1-4H3,(H,18,19,24). The highest BCUT2D eigenvalue weighted by molar-refractivity contribution is 7.98. The number of fused-ring (bicyclic) bond motifs is 1. The first-order chi connectivity index (χ1) is 12.5. The molecule has 0 saturated heterocycles. The zero-order chi connectivity index (χ0) is 18.7. The van der Waals surface area contributed by atoms with Crippen LogP contribution in [0.5, 0.6) is 0 Å². The number of thioether (sulfide) groups is 1. The van der Waals surface area contributed by atoms with E-state index < -0.39 is 0 Å². The van der Waals surface area contributed by atoms with Gasteiger partial charge in [0.25, 0.3) is 5.56 Å². The normalized spacial score (nSPS) is 12.8. The summed E-state index contributed by atoms with van der Waals surface area (Å²) < 4.78 is 1.79. The van der Waals surface area contributed by atoms with Crippen LogP contribution in [0.4, 0.5) is 0 Å². The second-order valence-corrected chi connectivity index (χ2v) is 8.68. The molecule has 3 aromatic rings. The summed E-state index contributed by atoms with van der Waals surface area (Å²) in [6.45, 7) is 9.35. The summed E-state index contributed by atoms with van der Waals surface area (Å²) in [7, 11) is 0. The molecule has 1 unspecified atom stereocenters. The van der Waals surface area contributed by atoms with Gasteiger partial charge in [0.1, 0.15) is 4.83 Å². The number of aromatic nitrogens is 6. The first-order valence-corrected chi connectivity index (χ1v) is 10.7. The van der Waals surface area contributed by atoms with E-state index in [0.717, 1.165) is 47.4 Å². The molecule has 7 nitrogen and oxygen atoms in total. The van der Waals surface area contributed by atoms with Crippen LogP contribution in [0.25, 0.3) is 10.2 Å². The van der Waals surface area contributed by atoms with Crippen molar-refractivity contribution in [2.24, 2.45) is 5.92 Å². The van der Waals surface area contributed by atoms with Crippen LogP contribution in [-0.4, -0.2) is 30.2 Å². The van der Waals surface area contributed by atoms with Gasteiger partial charge >= 0.3 is 0 Å². The lowest BCUT2D eigenvalue weighted by molar-refractivity contribution is 0.561. The predicted molar refractivity (Wildman–Crippen MR) is 106 cm³/mol. The van der Waals surface area contributed by atoms with Gasteiger partial charge in [-0.1, -0.05) is 39.0 Å². The molecule has 0 bridgehead atoms. The molecule has 140 valence electrons. The smallest absolute Gasteiger partial charge is 0.260 e. The molecule has 0 spiro atoms. The highest BCUT2D eigenvalue weighted by Gasteiger charge is 2.17. The minimum absolute atomic E-state index is 0.0479. The van der Waals surface area contributed by atoms with E-state index in [1.54, 1.807) is 16.0 Å². The Kier molecular flexibility index (Phi) is 6.08. The van der Waals surface area contributed by atoms with Crippen molar-refractivity contribution in [2.75, 3.05) is 0 Å². The molecule has 0 radical (unpaired) electrons. The van der Waals surface area contributed by atoms with Gasteiger partial charge in [0.2, 0.25) is 0 Å². The Morgan fingerprint density at radius 2 is 2.15 bits per heavy atom. The average molecular weight is 393 g/mol. The van der Waals surface area contributed by atoms with Gasteiger partial charge < -0.3 is 4.98 Å². The lowest BCUT2D eigenvalue weighted by Gasteiger charge is -2.08. The molecule has 1 atom stereocenters. The van der Waals surface area contributed by atoms with Gasteiger partial charge in [-0.25, -0.2) is 9.67 Å². The maximum Gasteiger partial charge on any atom is 0.260 e. The summed E-state index contributed by atoms with van der Waals surface area (Å²) >= 11 is 3.06. The summed E-state index contributed by atoms with van der Waals surface area (Å²) in [6.07, 6.45) is 2.99. The third-order valence-electron chi connectivity index (χ3n) is 4.47. The molecule has 0 saturated carbocycles. The summed E-state index contributed by atoms with van der Waals surface area (Å²) in [5.41, 5.74) is 1.10. The molecular formula is C17H24N6OS2. The fraction of sp³-hybridized carbons (Fsp3) is 0.588. The third kappa shape index (κ3) is 3.98.